The average molecular weight is 299 g/mol. The number of primary amides is 1. The van der Waals surface area contributed by atoms with Crippen LogP contribution in [0.25, 0.3) is 0 Å². The minimum Gasteiger partial charge on any atom is -0.351 e. The molecule has 0 radical (unpaired) electrons. The molecule has 0 aliphatic carbocycles. The van der Waals surface area contributed by atoms with Crippen molar-refractivity contribution in [1.82, 2.24) is 5.32 Å². The molecule has 1 saturated heterocycles. The molecular weight excluding hydrogens is 280 g/mol. The molecule has 0 saturated carbocycles. The number of urea groups is 1. The SMILES string of the molecule is Cl.NC(=O)Nc1ccc(NC(=O)CC2CCCN2)cc1. The fourth-order valence-corrected chi connectivity index (χ4v) is 2.15. The zero-order valence-electron chi connectivity index (χ0n) is 11.0. The van der Waals surface area contributed by atoms with Crippen LogP contribution in [0.15, 0.2) is 24.3 Å². The summed E-state index contributed by atoms with van der Waals surface area (Å²) in [5.41, 5.74) is 6.31. The van der Waals surface area contributed by atoms with Crippen LogP contribution < -0.4 is 21.7 Å². The minimum absolute atomic E-state index is 0. The second kappa shape index (κ2) is 7.72. The third-order valence-electron chi connectivity index (χ3n) is 3.03. The second-order valence-corrected chi connectivity index (χ2v) is 4.61. The lowest BCUT2D eigenvalue weighted by molar-refractivity contribution is -0.116. The van der Waals surface area contributed by atoms with E-state index in [9.17, 15) is 9.59 Å². The normalized spacial score (nSPS) is 17.1. The lowest BCUT2D eigenvalue weighted by Gasteiger charge is -2.10. The van der Waals surface area contributed by atoms with Gasteiger partial charge in [-0.05, 0) is 43.7 Å². The average Bonchev–Trinajstić information content (AvgIpc) is 2.83. The Morgan fingerprint density at radius 1 is 1.20 bits per heavy atom. The van der Waals surface area contributed by atoms with Crippen LogP contribution in [-0.2, 0) is 4.79 Å². The number of nitrogens with two attached hydrogens (primary N) is 1. The molecule has 1 unspecified atom stereocenters. The molecule has 6 nitrogen and oxygen atoms in total. The van der Waals surface area contributed by atoms with Crippen molar-refractivity contribution in [1.29, 1.82) is 0 Å². The summed E-state index contributed by atoms with van der Waals surface area (Å²) < 4.78 is 0. The highest BCUT2D eigenvalue weighted by Gasteiger charge is 2.17. The van der Waals surface area contributed by atoms with Gasteiger partial charge in [0.25, 0.3) is 0 Å². The van der Waals surface area contributed by atoms with E-state index in [2.05, 4.69) is 16.0 Å². The van der Waals surface area contributed by atoms with Crippen molar-refractivity contribution in [3.63, 3.8) is 0 Å². The van der Waals surface area contributed by atoms with Gasteiger partial charge >= 0.3 is 6.03 Å². The van der Waals surface area contributed by atoms with Crippen LogP contribution in [0.4, 0.5) is 16.2 Å². The summed E-state index contributed by atoms with van der Waals surface area (Å²) in [6, 6.07) is 6.51. The van der Waals surface area contributed by atoms with Gasteiger partial charge in [0.15, 0.2) is 0 Å². The van der Waals surface area contributed by atoms with Crippen LogP contribution in [-0.4, -0.2) is 24.5 Å². The summed E-state index contributed by atoms with van der Waals surface area (Å²) in [6.45, 7) is 0.991. The van der Waals surface area contributed by atoms with Crippen LogP contribution in [0.2, 0.25) is 0 Å². The van der Waals surface area contributed by atoms with Gasteiger partial charge in [0.05, 0.1) is 0 Å². The van der Waals surface area contributed by atoms with Crippen LogP contribution in [0, 0.1) is 0 Å². The molecule has 1 aromatic rings. The van der Waals surface area contributed by atoms with E-state index in [4.69, 9.17) is 5.73 Å². The van der Waals surface area contributed by atoms with Crippen molar-refractivity contribution >= 4 is 35.7 Å². The highest BCUT2D eigenvalue weighted by molar-refractivity contribution is 5.92. The molecule has 1 atom stereocenters. The molecule has 110 valence electrons. The standard InChI is InChI=1S/C13H18N4O2.ClH/c14-13(19)17-10-5-3-9(4-6-10)16-12(18)8-11-2-1-7-15-11;/h3-6,11,15H,1-2,7-8H2,(H,16,18)(H3,14,17,19);1H. The summed E-state index contributed by atoms with van der Waals surface area (Å²) in [5, 5.41) is 8.57. The Balaban J connectivity index is 0.00000200. The Hall–Kier alpha value is -1.79. The number of benzene rings is 1. The number of anilines is 2. The highest BCUT2D eigenvalue weighted by Crippen LogP contribution is 2.15. The van der Waals surface area contributed by atoms with Crippen molar-refractivity contribution in [2.45, 2.75) is 25.3 Å². The van der Waals surface area contributed by atoms with Crippen LogP contribution in [0.1, 0.15) is 19.3 Å². The summed E-state index contributed by atoms with van der Waals surface area (Å²) in [7, 11) is 0. The Kier molecular flexibility index (Phi) is 6.27. The van der Waals surface area contributed by atoms with Gasteiger partial charge in [-0.1, -0.05) is 0 Å². The Bertz CT molecular complexity index is 458. The molecular formula is C13H19ClN4O2. The van der Waals surface area contributed by atoms with Crippen molar-refractivity contribution in [3.05, 3.63) is 24.3 Å². The van der Waals surface area contributed by atoms with Crippen LogP contribution in [0.3, 0.4) is 0 Å². The lowest BCUT2D eigenvalue weighted by atomic mass is 10.1. The molecule has 0 aromatic heterocycles. The zero-order valence-corrected chi connectivity index (χ0v) is 11.8. The minimum atomic E-state index is -0.607. The first kappa shape index (κ1) is 16.3. The fraction of sp³-hybridized carbons (Fsp3) is 0.385. The number of carbonyl (C=O) groups excluding carboxylic acids is 2. The van der Waals surface area contributed by atoms with Crippen molar-refractivity contribution in [2.75, 3.05) is 17.2 Å². The quantitative estimate of drug-likeness (QED) is 0.681. The molecule has 0 bridgehead atoms. The molecule has 1 fully saturated rings. The van der Waals surface area contributed by atoms with Gasteiger partial charge < -0.3 is 21.7 Å². The van der Waals surface area contributed by atoms with E-state index in [1.807, 2.05) is 0 Å². The highest BCUT2D eigenvalue weighted by atomic mass is 35.5. The second-order valence-electron chi connectivity index (χ2n) is 4.61. The first-order valence-electron chi connectivity index (χ1n) is 6.33. The lowest BCUT2D eigenvalue weighted by Crippen LogP contribution is -2.27. The van der Waals surface area contributed by atoms with Crippen LogP contribution in [0.5, 0.6) is 0 Å². The smallest absolute Gasteiger partial charge is 0.316 e. The fourth-order valence-electron chi connectivity index (χ4n) is 2.15. The maximum absolute atomic E-state index is 11.8. The Labute approximate surface area is 123 Å². The number of hydrogen-bond acceptors (Lipinski definition) is 3. The number of rotatable bonds is 4. The summed E-state index contributed by atoms with van der Waals surface area (Å²) in [5.74, 6) is -0.00462. The number of carbonyl (C=O) groups is 2. The van der Waals surface area contributed by atoms with Gasteiger partial charge in [0.1, 0.15) is 0 Å². The maximum atomic E-state index is 11.8. The molecule has 7 heteroatoms. The number of hydrogen-bond donors (Lipinski definition) is 4. The molecule has 1 aromatic carbocycles. The van der Waals surface area contributed by atoms with E-state index in [-0.39, 0.29) is 24.4 Å². The Morgan fingerprint density at radius 2 is 1.80 bits per heavy atom. The molecule has 5 N–H and O–H groups in total. The summed E-state index contributed by atoms with van der Waals surface area (Å²) in [6.07, 6.45) is 2.67. The largest absolute Gasteiger partial charge is 0.351 e. The van der Waals surface area contributed by atoms with E-state index in [0.717, 1.165) is 19.4 Å². The van der Waals surface area contributed by atoms with E-state index < -0.39 is 6.03 Å². The monoisotopic (exact) mass is 298 g/mol. The first-order valence-corrected chi connectivity index (χ1v) is 6.33. The Morgan fingerprint density at radius 3 is 2.30 bits per heavy atom. The molecule has 20 heavy (non-hydrogen) atoms. The van der Waals surface area contributed by atoms with Gasteiger partial charge in [-0.25, -0.2) is 4.79 Å². The molecule has 3 amide bonds. The predicted octanol–water partition coefficient (Wildman–Crippen LogP) is 1.68. The molecule has 1 heterocycles. The third-order valence-corrected chi connectivity index (χ3v) is 3.03. The molecule has 0 spiro atoms. The topological polar surface area (TPSA) is 96.2 Å². The van der Waals surface area contributed by atoms with E-state index in [1.54, 1.807) is 24.3 Å². The first-order chi connectivity index (χ1) is 9.13. The van der Waals surface area contributed by atoms with E-state index >= 15 is 0 Å². The summed E-state index contributed by atoms with van der Waals surface area (Å²) >= 11 is 0. The van der Waals surface area contributed by atoms with Gasteiger partial charge in [0, 0.05) is 23.8 Å². The number of amides is 3. The van der Waals surface area contributed by atoms with Crippen LogP contribution >= 0.6 is 12.4 Å². The predicted molar refractivity (Wildman–Crippen MR) is 81.2 cm³/mol. The third kappa shape index (κ3) is 5.07. The summed E-state index contributed by atoms with van der Waals surface area (Å²) in [4.78, 5) is 22.4. The number of nitrogens with one attached hydrogen (secondary N) is 3. The number of halogens is 1. The van der Waals surface area contributed by atoms with Gasteiger partial charge in [0.2, 0.25) is 5.91 Å². The zero-order chi connectivity index (χ0) is 13.7. The van der Waals surface area contributed by atoms with Gasteiger partial charge in [-0.2, -0.15) is 0 Å². The van der Waals surface area contributed by atoms with Crippen molar-refractivity contribution in [2.24, 2.45) is 5.73 Å². The molecule has 2 rings (SSSR count). The van der Waals surface area contributed by atoms with Gasteiger partial charge in [-0.15, -0.1) is 12.4 Å². The maximum Gasteiger partial charge on any atom is 0.316 e. The van der Waals surface area contributed by atoms with E-state index in [0.29, 0.717) is 17.8 Å². The van der Waals surface area contributed by atoms with Crippen molar-refractivity contribution < 1.29 is 9.59 Å². The van der Waals surface area contributed by atoms with Gasteiger partial charge in [-0.3, -0.25) is 4.79 Å². The molecule has 1 aliphatic rings. The van der Waals surface area contributed by atoms with Crippen molar-refractivity contribution in [3.8, 4) is 0 Å². The molecule has 1 aliphatic heterocycles. The van der Waals surface area contributed by atoms with E-state index in [1.165, 1.54) is 0 Å².